The van der Waals surface area contributed by atoms with Crippen LogP contribution in [0.1, 0.15) is 30.6 Å². The lowest BCUT2D eigenvalue weighted by Gasteiger charge is -2.42. The molecule has 1 aliphatic heterocycles. The van der Waals surface area contributed by atoms with Crippen LogP contribution < -0.4 is 10.6 Å². The van der Waals surface area contributed by atoms with Gasteiger partial charge in [-0.2, -0.15) is 0 Å². The molecule has 0 saturated carbocycles. The molecule has 1 atom stereocenters. The fraction of sp³-hybridized carbons (Fsp3) is 0.600. The van der Waals surface area contributed by atoms with Gasteiger partial charge in [0.25, 0.3) is 5.91 Å². The lowest BCUT2D eigenvalue weighted by Crippen LogP contribution is -2.54. The fourth-order valence-electron chi connectivity index (χ4n) is 2.66. The van der Waals surface area contributed by atoms with Crippen molar-refractivity contribution in [1.82, 2.24) is 9.88 Å². The number of carbonyl (C=O) groups excluding carboxylic acids is 1. The van der Waals surface area contributed by atoms with E-state index in [-0.39, 0.29) is 17.4 Å². The Morgan fingerprint density at radius 2 is 2.19 bits per heavy atom. The molecule has 1 aliphatic rings. The van der Waals surface area contributed by atoms with Crippen LogP contribution in [0.2, 0.25) is 0 Å². The van der Waals surface area contributed by atoms with Gasteiger partial charge in [-0.3, -0.25) is 4.79 Å². The van der Waals surface area contributed by atoms with Gasteiger partial charge in [0, 0.05) is 43.9 Å². The van der Waals surface area contributed by atoms with Crippen molar-refractivity contribution in [3.05, 3.63) is 22.3 Å². The van der Waals surface area contributed by atoms with Crippen molar-refractivity contribution in [2.45, 2.75) is 26.3 Å². The van der Waals surface area contributed by atoms with E-state index < -0.39 is 0 Å². The fourth-order valence-corrected chi connectivity index (χ4v) is 2.99. The topological polar surface area (TPSA) is 62.5 Å². The van der Waals surface area contributed by atoms with Crippen LogP contribution in [-0.2, 0) is 0 Å². The lowest BCUT2D eigenvalue weighted by atomic mass is 9.79. The van der Waals surface area contributed by atoms with E-state index in [4.69, 9.17) is 5.73 Å². The summed E-state index contributed by atoms with van der Waals surface area (Å²) in [5.74, 6) is 0.711. The number of likely N-dealkylation sites (tertiary alicyclic amines) is 1. The van der Waals surface area contributed by atoms with E-state index in [2.05, 4.69) is 34.8 Å². The summed E-state index contributed by atoms with van der Waals surface area (Å²) in [5, 5.41) is 0. The van der Waals surface area contributed by atoms with Gasteiger partial charge < -0.3 is 15.5 Å². The second-order valence-electron chi connectivity index (χ2n) is 6.53. The molecule has 1 amide bonds. The molecule has 0 aromatic carbocycles. The third-order valence-electron chi connectivity index (χ3n) is 4.09. The summed E-state index contributed by atoms with van der Waals surface area (Å²) in [7, 11) is 3.78. The maximum atomic E-state index is 12.9. The molecular weight excluding hydrogens is 332 g/mol. The second-order valence-corrected chi connectivity index (χ2v) is 7.45. The predicted octanol–water partition coefficient (Wildman–Crippen LogP) is 2.11. The predicted molar refractivity (Wildman–Crippen MR) is 88.5 cm³/mol. The molecule has 0 bridgehead atoms. The molecule has 6 heteroatoms. The van der Waals surface area contributed by atoms with Gasteiger partial charge in [0.05, 0.1) is 5.56 Å². The normalized spacial score (nSPS) is 21.2. The molecule has 0 spiro atoms. The zero-order valence-corrected chi connectivity index (χ0v) is 14.6. The summed E-state index contributed by atoms with van der Waals surface area (Å²) in [6, 6.07) is 1.97. The summed E-state index contributed by atoms with van der Waals surface area (Å²) in [5.41, 5.74) is 6.71. The highest BCUT2D eigenvalue weighted by atomic mass is 79.9. The zero-order valence-electron chi connectivity index (χ0n) is 13.1. The number of pyridine rings is 1. The third kappa shape index (κ3) is 3.37. The molecule has 21 heavy (non-hydrogen) atoms. The first-order chi connectivity index (χ1) is 9.72. The van der Waals surface area contributed by atoms with Crippen molar-refractivity contribution in [3.63, 3.8) is 0 Å². The number of nitrogens with zero attached hydrogens (tertiary/aromatic N) is 3. The molecule has 1 fully saturated rings. The smallest absolute Gasteiger partial charge is 0.257 e. The highest BCUT2D eigenvalue weighted by Gasteiger charge is 2.36. The molecule has 0 aliphatic carbocycles. The molecular formula is C15H23BrN4O. The van der Waals surface area contributed by atoms with E-state index in [0.717, 1.165) is 10.9 Å². The van der Waals surface area contributed by atoms with Crippen LogP contribution in [0.25, 0.3) is 0 Å². The van der Waals surface area contributed by atoms with Gasteiger partial charge in [-0.1, -0.05) is 13.8 Å². The number of halogens is 1. The van der Waals surface area contributed by atoms with E-state index in [9.17, 15) is 4.79 Å². The van der Waals surface area contributed by atoms with Crippen LogP contribution in [0, 0.1) is 5.41 Å². The van der Waals surface area contributed by atoms with Gasteiger partial charge in [0.1, 0.15) is 5.82 Å². The van der Waals surface area contributed by atoms with E-state index in [1.165, 1.54) is 0 Å². The van der Waals surface area contributed by atoms with Gasteiger partial charge in [0.2, 0.25) is 0 Å². The highest BCUT2D eigenvalue weighted by molar-refractivity contribution is 9.10. The van der Waals surface area contributed by atoms with Gasteiger partial charge in [-0.15, -0.1) is 0 Å². The van der Waals surface area contributed by atoms with Crippen LogP contribution in [0.15, 0.2) is 16.7 Å². The summed E-state index contributed by atoms with van der Waals surface area (Å²) in [4.78, 5) is 21.0. The van der Waals surface area contributed by atoms with Crippen LogP contribution in [0.5, 0.6) is 0 Å². The summed E-state index contributed by atoms with van der Waals surface area (Å²) >= 11 is 3.40. The Labute approximate surface area is 134 Å². The first-order valence-electron chi connectivity index (χ1n) is 7.10. The Morgan fingerprint density at radius 1 is 1.52 bits per heavy atom. The van der Waals surface area contributed by atoms with Crippen molar-refractivity contribution < 1.29 is 4.79 Å². The van der Waals surface area contributed by atoms with E-state index >= 15 is 0 Å². The van der Waals surface area contributed by atoms with E-state index in [1.54, 1.807) is 6.20 Å². The maximum absolute atomic E-state index is 12.9. The van der Waals surface area contributed by atoms with Crippen molar-refractivity contribution in [2.24, 2.45) is 11.1 Å². The van der Waals surface area contributed by atoms with Gasteiger partial charge in [-0.05, 0) is 33.8 Å². The molecule has 2 rings (SSSR count). The van der Waals surface area contributed by atoms with Gasteiger partial charge >= 0.3 is 0 Å². The Hall–Kier alpha value is -1.14. The third-order valence-corrected chi connectivity index (χ3v) is 4.52. The first-order valence-corrected chi connectivity index (χ1v) is 7.89. The van der Waals surface area contributed by atoms with E-state index in [1.807, 2.05) is 30.0 Å². The molecule has 5 nitrogen and oxygen atoms in total. The number of anilines is 1. The average Bonchev–Trinajstić information content (AvgIpc) is 2.40. The molecule has 1 aromatic rings. The Kier molecular flexibility index (Phi) is 4.58. The Bertz CT molecular complexity index is 544. The molecule has 1 aromatic heterocycles. The minimum Gasteiger partial charge on any atom is -0.362 e. The van der Waals surface area contributed by atoms with Crippen LogP contribution in [0.3, 0.4) is 0 Å². The average molecular weight is 355 g/mol. The molecule has 116 valence electrons. The number of amides is 1. The van der Waals surface area contributed by atoms with Crippen molar-refractivity contribution in [2.75, 3.05) is 32.1 Å². The van der Waals surface area contributed by atoms with Crippen LogP contribution in [0.4, 0.5) is 5.82 Å². The van der Waals surface area contributed by atoms with Gasteiger partial charge in [-0.25, -0.2) is 4.98 Å². The number of nitrogens with two attached hydrogens (primary N) is 1. The SMILES string of the molecule is CN(C)c1ncc(Br)cc1C(=O)N1CCC(N)C(C)(C)C1. The van der Waals surface area contributed by atoms with E-state index in [0.29, 0.717) is 24.5 Å². The van der Waals surface area contributed by atoms with Crippen molar-refractivity contribution in [3.8, 4) is 0 Å². The largest absolute Gasteiger partial charge is 0.362 e. The van der Waals surface area contributed by atoms with Crippen LogP contribution in [-0.4, -0.2) is 49.0 Å². The molecule has 2 N–H and O–H groups in total. The Morgan fingerprint density at radius 3 is 2.76 bits per heavy atom. The monoisotopic (exact) mass is 354 g/mol. The number of hydrogen-bond donors (Lipinski definition) is 1. The van der Waals surface area contributed by atoms with Crippen molar-refractivity contribution in [1.29, 1.82) is 0 Å². The standard InChI is InChI=1S/C15H23BrN4O/c1-15(2)9-20(6-5-12(15)17)14(21)11-7-10(16)8-18-13(11)19(3)4/h7-8,12H,5-6,9,17H2,1-4H3. The summed E-state index contributed by atoms with van der Waals surface area (Å²) in [6.07, 6.45) is 2.54. The van der Waals surface area contributed by atoms with Gasteiger partial charge in [0.15, 0.2) is 0 Å². The number of hydrogen-bond acceptors (Lipinski definition) is 4. The molecule has 2 heterocycles. The molecule has 0 radical (unpaired) electrons. The maximum Gasteiger partial charge on any atom is 0.257 e. The minimum atomic E-state index is -0.0639. The first kappa shape index (κ1) is 16.2. The summed E-state index contributed by atoms with van der Waals surface area (Å²) in [6.45, 7) is 5.60. The van der Waals surface area contributed by atoms with Crippen LogP contribution >= 0.6 is 15.9 Å². The lowest BCUT2D eigenvalue weighted by molar-refractivity contribution is 0.0533. The Balaban J connectivity index is 2.30. The molecule has 1 saturated heterocycles. The number of aromatic nitrogens is 1. The quantitative estimate of drug-likeness (QED) is 0.883. The molecule has 1 unspecified atom stereocenters. The second kappa shape index (κ2) is 5.93. The summed E-state index contributed by atoms with van der Waals surface area (Å²) < 4.78 is 0.810. The minimum absolute atomic E-state index is 0.0208. The number of rotatable bonds is 2. The van der Waals surface area contributed by atoms with Crippen molar-refractivity contribution >= 4 is 27.7 Å². The highest BCUT2D eigenvalue weighted by Crippen LogP contribution is 2.30. The zero-order chi connectivity index (χ0) is 15.8. The number of piperidine rings is 1. The number of carbonyl (C=O) groups is 1.